The molecule has 31 heavy (non-hydrogen) atoms. The first kappa shape index (κ1) is 21.3. The van der Waals surface area contributed by atoms with Crippen molar-refractivity contribution in [2.24, 2.45) is 16.0 Å². The number of nitrogens with one attached hydrogen (secondary N) is 1. The molecule has 2 aromatic rings. The third kappa shape index (κ3) is 4.72. The molecule has 4 rings (SSSR count). The van der Waals surface area contributed by atoms with Gasteiger partial charge in [-0.2, -0.15) is 5.26 Å². The Labute approximate surface area is 187 Å². The molecule has 0 saturated carbocycles. The third-order valence-corrected chi connectivity index (χ3v) is 7.54. The number of hydrogen-bond acceptors (Lipinski definition) is 5. The largest absolute Gasteiger partial charge is 0.383 e. The van der Waals surface area contributed by atoms with E-state index in [0.717, 1.165) is 48.4 Å². The molecule has 6 heteroatoms. The van der Waals surface area contributed by atoms with Gasteiger partial charge in [-0.15, -0.1) is 0 Å². The molecular weight excluding hydrogens is 402 g/mol. The Morgan fingerprint density at radius 1 is 1.29 bits per heavy atom. The number of benzene rings is 2. The molecule has 0 unspecified atom stereocenters. The summed E-state index contributed by atoms with van der Waals surface area (Å²) in [5.41, 5.74) is 12.7. The quantitative estimate of drug-likeness (QED) is 0.703. The van der Waals surface area contributed by atoms with Crippen LogP contribution in [-0.2, 0) is 6.42 Å². The molecule has 0 aromatic heterocycles. The highest BCUT2D eigenvalue weighted by Gasteiger charge is 2.25. The van der Waals surface area contributed by atoms with Crippen molar-refractivity contribution in [3.63, 3.8) is 0 Å². The van der Waals surface area contributed by atoms with E-state index >= 15 is 0 Å². The van der Waals surface area contributed by atoms with Gasteiger partial charge >= 0.3 is 0 Å². The Balaban J connectivity index is 1.42. The normalized spacial score (nSPS) is 20.6. The molecule has 5 nitrogen and oxygen atoms in total. The standard InChI is InChI=1S/C25H31N5S/c1-18(21-12-9-19(16-26)10-13-21)30-15-5-6-20(17-30)11-14-22-7-4-8-23-24(22)25(27)29-31(2,3)28-23/h4,7-10,12-13,20,28H,1,5-6,11,14-15,17H2,2-3H3,(H2,27,29)/t20-/m1/s1. The van der Waals surface area contributed by atoms with Crippen LogP contribution in [0, 0.1) is 17.2 Å². The summed E-state index contributed by atoms with van der Waals surface area (Å²) in [5.74, 6) is 1.29. The van der Waals surface area contributed by atoms with Crippen molar-refractivity contribution < 1.29 is 0 Å². The lowest BCUT2D eigenvalue weighted by atomic mass is 9.89. The van der Waals surface area contributed by atoms with E-state index in [-0.39, 0.29) is 0 Å². The number of hydrogen-bond donors (Lipinski definition) is 2. The van der Waals surface area contributed by atoms with Crippen LogP contribution in [0.5, 0.6) is 0 Å². The first-order valence-corrected chi connectivity index (χ1v) is 13.2. The number of nitriles is 1. The topological polar surface area (TPSA) is 77.4 Å². The molecule has 2 aromatic carbocycles. The highest BCUT2D eigenvalue weighted by molar-refractivity contribution is 8.32. The maximum absolute atomic E-state index is 9.02. The number of nitrogens with zero attached hydrogens (tertiary/aromatic N) is 3. The van der Waals surface area contributed by atoms with E-state index in [1.807, 2.05) is 24.3 Å². The van der Waals surface area contributed by atoms with Gasteiger partial charge in [0.05, 0.1) is 17.3 Å². The number of piperidine rings is 1. The number of nitrogens with two attached hydrogens (primary N) is 1. The van der Waals surface area contributed by atoms with E-state index in [9.17, 15) is 0 Å². The monoisotopic (exact) mass is 433 g/mol. The average Bonchev–Trinajstić information content (AvgIpc) is 2.76. The van der Waals surface area contributed by atoms with Crippen LogP contribution in [0.15, 0.2) is 53.4 Å². The molecule has 0 amide bonds. The van der Waals surface area contributed by atoms with E-state index in [2.05, 4.69) is 53.0 Å². The number of rotatable bonds is 5. The Morgan fingerprint density at radius 2 is 2.06 bits per heavy atom. The molecule has 0 bridgehead atoms. The van der Waals surface area contributed by atoms with Gasteiger partial charge in [0.25, 0.3) is 0 Å². The molecule has 0 aliphatic carbocycles. The number of aryl methyl sites for hydroxylation is 1. The Bertz CT molecular complexity index is 1050. The van der Waals surface area contributed by atoms with E-state index in [4.69, 9.17) is 15.4 Å². The lowest BCUT2D eigenvalue weighted by molar-refractivity contribution is 0.237. The van der Waals surface area contributed by atoms with Crippen LogP contribution in [0.1, 0.15) is 41.5 Å². The van der Waals surface area contributed by atoms with Crippen molar-refractivity contribution in [1.82, 2.24) is 4.90 Å². The Morgan fingerprint density at radius 3 is 2.81 bits per heavy atom. The van der Waals surface area contributed by atoms with Gasteiger partial charge in [0.2, 0.25) is 0 Å². The molecule has 1 fully saturated rings. The maximum atomic E-state index is 9.02. The van der Waals surface area contributed by atoms with Crippen molar-refractivity contribution in [3.8, 4) is 6.07 Å². The molecule has 1 saturated heterocycles. The minimum absolute atomic E-state index is 0.622. The molecule has 3 N–H and O–H groups in total. The lowest BCUT2D eigenvalue weighted by Crippen LogP contribution is -2.34. The minimum Gasteiger partial charge on any atom is -0.383 e. The summed E-state index contributed by atoms with van der Waals surface area (Å²) >= 11 is 0. The van der Waals surface area contributed by atoms with Crippen LogP contribution in [0.2, 0.25) is 0 Å². The molecule has 0 spiro atoms. The van der Waals surface area contributed by atoms with Crippen molar-refractivity contribution in [1.29, 1.82) is 5.26 Å². The van der Waals surface area contributed by atoms with E-state index in [1.54, 1.807) is 0 Å². The third-order valence-electron chi connectivity index (χ3n) is 6.16. The first-order chi connectivity index (χ1) is 14.9. The molecule has 162 valence electrons. The van der Waals surface area contributed by atoms with Crippen molar-refractivity contribution in [2.45, 2.75) is 25.7 Å². The fourth-order valence-corrected chi connectivity index (χ4v) is 5.94. The smallest absolute Gasteiger partial charge is 0.141 e. The van der Waals surface area contributed by atoms with Crippen LogP contribution in [0.3, 0.4) is 0 Å². The summed E-state index contributed by atoms with van der Waals surface area (Å²) in [7, 11) is -1.27. The zero-order valence-corrected chi connectivity index (χ0v) is 19.2. The molecule has 2 aliphatic heterocycles. The first-order valence-electron chi connectivity index (χ1n) is 10.8. The minimum atomic E-state index is -1.27. The Hall–Kier alpha value is -2.91. The predicted octanol–water partition coefficient (Wildman–Crippen LogP) is 4.90. The van der Waals surface area contributed by atoms with Crippen LogP contribution in [0.4, 0.5) is 5.69 Å². The second-order valence-corrected chi connectivity index (χ2v) is 11.8. The summed E-state index contributed by atoms with van der Waals surface area (Å²) in [4.78, 5) is 2.40. The van der Waals surface area contributed by atoms with Gasteiger partial charge in [0.1, 0.15) is 5.84 Å². The van der Waals surface area contributed by atoms with Gasteiger partial charge < -0.3 is 15.4 Å². The van der Waals surface area contributed by atoms with Crippen LogP contribution in [0.25, 0.3) is 5.70 Å². The molecule has 2 aliphatic rings. The van der Waals surface area contributed by atoms with Crippen molar-refractivity contribution in [3.05, 3.63) is 71.3 Å². The predicted molar refractivity (Wildman–Crippen MR) is 133 cm³/mol. The van der Waals surface area contributed by atoms with Crippen molar-refractivity contribution in [2.75, 3.05) is 30.3 Å². The molecule has 2 heterocycles. The number of amidine groups is 1. The summed E-state index contributed by atoms with van der Waals surface area (Å²) in [6.45, 7) is 6.40. The van der Waals surface area contributed by atoms with Gasteiger partial charge in [-0.05, 0) is 60.9 Å². The van der Waals surface area contributed by atoms with E-state index in [0.29, 0.717) is 17.3 Å². The van der Waals surface area contributed by atoms with Gasteiger partial charge in [0, 0.05) is 36.9 Å². The second-order valence-electron chi connectivity index (χ2n) is 8.82. The average molecular weight is 434 g/mol. The van der Waals surface area contributed by atoms with E-state index in [1.165, 1.54) is 18.4 Å². The number of anilines is 1. The summed E-state index contributed by atoms with van der Waals surface area (Å²) < 4.78 is 8.29. The summed E-state index contributed by atoms with van der Waals surface area (Å²) in [6, 6.07) is 16.3. The molecule has 1 atom stereocenters. The second kappa shape index (κ2) is 8.68. The van der Waals surface area contributed by atoms with Crippen LogP contribution in [-0.4, -0.2) is 36.3 Å². The number of likely N-dealkylation sites (tertiary alicyclic amines) is 1. The van der Waals surface area contributed by atoms with Gasteiger partial charge in [0.15, 0.2) is 0 Å². The fraction of sp³-hybridized carbons (Fsp3) is 0.360. The zero-order chi connectivity index (χ0) is 22.0. The highest BCUT2D eigenvalue weighted by Crippen LogP contribution is 2.46. The summed E-state index contributed by atoms with van der Waals surface area (Å²) in [5, 5.41) is 9.02. The molecular formula is C25H31N5S. The fourth-order valence-electron chi connectivity index (χ4n) is 4.60. The van der Waals surface area contributed by atoms with Gasteiger partial charge in [-0.25, -0.2) is 4.40 Å². The van der Waals surface area contributed by atoms with Crippen molar-refractivity contribution >= 4 is 27.6 Å². The maximum Gasteiger partial charge on any atom is 0.141 e. The zero-order valence-electron chi connectivity index (χ0n) is 18.4. The van der Waals surface area contributed by atoms with Crippen LogP contribution < -0.4 is 10.5 Å². The van der Waals surface area contributed by atoms with Gasteiger partial charge in [-0.1, -0.05) is 41.2 Å². The highest BCUT2D eigenvalue weighted by atomic mass is 32.3. The van der Waals surface area contributed by atoms with Gasteiger partial charge in [-0.3, -0.25) is 0 Å². The number of fused-ring (bicyclic) bond motifs is 1. The van der Waals surface area contributed by atoms with E-state index < -0.39 is 10.4 Å². The molecule has 0 radical (unpaired) electrons. The Kier molecular flexibility index (Phi) is 5.97. The summed E-state index contributed by atoms with van der Waals surface area (Å²) in [6.07, 6.45) is 8.77. The lowest BCUT2D eigenvalue weighted by Gasteiger charge is -2.36. The SMILES string of the molecule is C=C(c1ccc(C#N)cc1)N1CCC[C@H](CCc2cccc3c2C(N)=NS(C)(C)N3)C1. The van der Waals surface area contributed by atoms with Crippen LogP contribution >= 0.6 is 10.4 Å².